The van der Waals surface area contributed by atoms with Gasteiger partial charge in [0.1, 0.15) is 0 Å². The second-order valence-corrected chi connectivity index (χ2v) is 5.82. The van der Waals surface area contributed by atoms with Gasteiger partial charge in [0.25, 0.3) is 0 Å². The number of rotatable bonds is 8. The molecule has 0 unspecified atom stereocenters. The van der Waals surface area contributed by atoms with Crippen LogP contribution in [0.5, 0.6) is 0 Å². The molecule has 0 saturated heterocycles. The zero-order chi connectivity index (χ0) is 13.5. The summed E-state index contributed by atoms with van der Waals surface area (Å²) >= 11 is 0. The molecule has 2 nitrogen and oxygen atoms in total. The van der Waals surface area contributed by atoms with Crippen molar-refractivity contribution < 1.29 is 0 Å². The zero-order valence-corrected chi connectivity index (χ0v) is 12.5. The summed E-state index contributed by atoms with van der Waals surface area (Å²) in [5.41, 5.74) is 4.71. The van der Waals surface area contributed by atoms with Crippen LogP contribution in [-0.4, -0.2) is 38.6 Å². The maximum Gasteiger partial charge on any atom is 0.00188 e. The highest BCUT2D eigenvalue weighted by atomic mass is 15.1. The Bertz CT molecular complexity index is 387. The van der Waals surface area contributed by atoms with Crippen molar-refractivity contribution in [3.63, 3.8) is 0 Å². The van der Waals surface area contributed by atoms with Crippen molar-refractivity contribution in [2.45, 2.75) is 38.5 Å². The fraction of sp³-hybridized carbons (Fsp3) is 0.647. The van der Waals surface area contributed by atoms with Crippen LogP contribution in [0.15, 0.2) is 18.2 Å². The van der Waals surface area contributed by atoms with Crippen LogP contribution < -0.4 is 5.32 Å². The normalized spacial score (nSPS) is 14.1. The van der Waals surface area contributed by atoms with Crippen molar-refractivity contribution in [2.75, 3.05) is 33.7 Å². The number of unbranched alkanes of at least 4 members (excludes halogenated alkanes) is 1. The maximum atomic E-state index is 3.20. The molecule has 1 N–H and O–H groups in total. The minimum atomic E-state index is 1.14. The fourth-order valence-electron chi connectivity index (χ4n) is 2.90. The zero-order valence-electron chi connectivity index (χ0n) is 12.5. The summed E-state index contributed by atoms with van der Waals surface area (Å²) in [5.74, 6) is 0. The lowest BCUT2D eigenvalue weighted by molar-refractivity contribution is 0.329. The van der Waals surface area contributed by atoms with Gasteiger partial charge in [-0.25, -0.2) is 0 Å². The highest BCUT2D eigenvalue weighted by Crippen LogP contribution is 2.22. The van der Waals surface area contributed by atoms with Gasteiger partial charge < -0.3 is 10.2 Å². The predicted molar refractivity (Wildman–Crippen MR) is 82.8 cm³/mol. The van der Waals surface area contributed by atoms with Crippen LogP contribution in [0.3, 0.4) is 0 Å². The Labute approximate surface area is 118 Å². The Morgan fingerprint density at radius 3 is 2.79 bits per heavy atom. The van der Waals surface area contributed by atoms with E-state index in [9.17, 15) is 0 Å². The summed E-state index contributed by atoms with van der Waals surface area (Å²) in [7, 11) is 4.27. The Kier molecular flexibility index (Phi) is 5.87. The highest BCUT2D eigenvalue weighted by Gasteiger charge is 2.10. The van der Waals surface area contributed by atoms with Crippen LogP contribution in [0.2, 0.25) is 0 Å². The molecule has 0 atom stereocenters. The molecule has 0 aliphatic heterocycles. The molecule has 0 amide bonds. The Morgan fingerprint density at radius 2 is 1.95 bits per heavy atom. The van der Waals surface area contributed by atoms with Crippen LogP contribution in [0, 0.1) is 0 Å². The van der Waals surface area contributed by atoms with Crippen molar-refractivity contribution in [3.05, 3.63) is 34.9 Å². The first kappa shape index (κ1) is 14.5. The molecule has 0 radical (unpaired) electrons. The molecule has 0 fully saturated rings. The van der Waals surface area contributed by atoms with Gasteiger partial charge >= 0.3 is 0 Å². The molecule has 0 heterocycles. The largest absolute Gasteiger partial charge is 0.320 e. The third kappa shape index (κ3) is 4.63. The molecular formula is C17H28N2. The average Bonchev–Trinajstić information content (AvgIpc) is 2.89. The van der Waals surface area contributed by atoms with Gasteiger partial charge in [-0.1, -0.05) is 18.2 Å². The van der Waals surface area contributed by atoms with Crippen molar-refractivity contribution in [1.82, 2.24) is 10.2 Å². The van der Waals surface area contributed by atoms with E-state index in [2.05, 4.69) is 35.5 Å². The quantitative estimate of drug-likeness (QED) is 0.723. The molecule has 2 rings (SSSR count). The standard InChI is InChI=1S/C17H28N2/c1-18-11-3-4-12-19(2)13-10-15-8-9-16-6-5-7-17(16)14-15/h8-9,14,18H,3-7,10-13H2,1-2H3. The number of likely N-dealkylation sites (N-methyl/N-ethyl adjacent to an activating group) is 1. The molecule has 19 heavy (non-hydrogen) atoms. The number of fused-ring (bicyclic) bond motifs is 1. The van der Waals surface area contributed by atoms with E-state index in [1.54, 1.807) is 11.1 Å². The summed E-state index contributed by atoms with van der Waals surface area (Å²) in [6, 6.07) is 7.13. The third-order valence-corrected chi connectivity index (χ3v) is 4.16. The SMILES string of the molecule is CNCCCCN(C)CCc1ccc2c(c1)CCC2. The summed E-state index contributed by atoms with van der Waals surface area (Å²) in [6.07, 6.45) is 7.70. The molecule has 0 bridgehead atoms. The van der Waals surface area contributed by atoms with Crippen LogP contribution in [0.25, 0.3) is 0 Å². The molecule has 1 aliphatic carbocycles. The Balaban J connectivity index is 1.70. The molecule has 1 aliphatic rings. The number of hydrogen-bond donors (Lipinski definition) is 1. The van der Waals surface area contributed by atoms with E-state index < -0.39 is 0 Å². The average molecular weight is 260 g/mol. The predicted octanol–water partition coefficient (Wildman–Crippen LogP) is 2.65. The Morgan fingerprint density at radius 1 is 1.11 bits per heavy atom. The van der Waals surface area contributed by atoms with E-state index in [0.717, 1.165) is 6.54 Å². The van der Waals surface area contributed by atoms with Crippen LogP contribution >= 0.6 is 0 Å². The third-order valence-electron chi connectivity index (χ3n) is 4.16. The van der Waals surface area contributed by atoms with Crippen LogP contribution in [0.4, 0.5) is 0 Å². The molecule has 0 aromatic heterocycles. The first-order valence-corrected chi connectivity index (χ1v) is 7.73. The highest BCUT2D eigenvalue weighted by molar-refractivity contribution is 5.35. The Hall–Kier alpha value is -0.860. The topological polar surface area (TPSA) is 15.3 Å². The first-order chi connectivity index (χ1) is 9.29. The van der Waals surface area contributed by atoms with E-state index in [1.165, 1.54) is 57.2 Å². The molecule has 1 aromatic carbocycles. The molecule has 106 valence electrons. The van der Waals surface area contributed by atoms with Crippen LogP contribution in [-0.2, 0) is 19.3 Å². The first-order valence-electron chi connectivity index (χ1n) is 7.73. The molecule has 2 heteroatoms. The van der Waals surface area contributed by atoms with E-state index in [-0.39, 0.29) is 0 Å². The van der Waals surface area contributed by atoms with Crippen LogP contribution in [0.1, 0.15) is 36.0 Å². The molecule has 0 spiro atoms. The van der Waals surface area contributed by atoms with Crippen molar-refractivity contribution in [2.24, 2.45) is 0 Å². The minimum Gasteiger partial charge on any atom is -0.320 e. The number of aryl methyl sites for hydroxylation is 2. The molecule has 1 aromatic rings. The second kappa shape index (κ2) is 7.66. The van der Waals surface area contributed by atoms with Crippen molar-refractivity contribution >= 4 is 0 Å². The number of benzene rings is 1. The fourth-order valence-corrected chi connectivity index (χ4v) is 2.90. The summed E-state index contributed by atoms with van der Waals surface area (Å²) < 4.78 is 0. The van der Waals surface area contributed by atoms with Gasteiger partial charge in [0.15, 0.2) is 0 Å². The lowest BCUT2D eigenvalue weighted by Crippen LogP contribution is -2.23. The summed E-state index contributed by atoms with van der Waals surface area (Å²) in [5, 5.41) is 3.20. The summed E-state index contributed by atoms with van der Waals surface area (Å²) in [4.78, 5) is 2.46. The maximum absolute atomic E-state index is 3.20. The minimum absolute atomic E-state index is 1.14. The second-order valence-electron chi connectivity index (χ2n) is 5.82. The summed E-state index contributed by atoms with van der Waals surface area (Å²) in [6.45, 7) is 3.53. The lowest BCUT2D eigenvalue weighted by atomic mass is 10.0. The van der Waals surface area contributed by atoms with E-state index in [4.69, 9.17) is 0 Å². The smallest absolute Gasteiger partial charge is 0.00188 e. The monoisotopic (exact) mass is 260 g/mol. The number of nitrogens with zero attached hydrogens (tertiary/aromatic N) is 1. The molecule has 0 saturated carbocycles. The van der Waals surface area contributed by atoms with Crippen molar-refractivity contribution in [3.8, 4) is 0 Å². The van der Waals surface area contributed by atoms with E-state index >= 15 is 0 Å². The van der Waals surface area contributed by atoms with Gasteiger partial charge in [0.05, 0.1) is 0 Å². The van der Waals surface area contributed by atoms with Gasteiger partial charge in [0.2, 0.25) is 0 Å². The lowest BCUT2D eigenvalue weighted by Gasteiger charge is -2.16. The number of nitrogens with one attached hydrogen (secondary N) is 1. The van der Waals surface area contributed by atoms with Gasteiger partial charge in [-0.05, 0) is 82.4 Å². The van der Waals surface area contributed by atoms with Gasteiger partial charge in [-0.15, -0.1) is 0 Å². The van der Waals surface area contributed by atoms with Crippen molar-refractivity contribution in [1.29, 1.82) is 0 Å². The van der Waals surface area contributed by atoms with Gasteiger partial charge in [-0.3, -0.25) is 0 Å². The van der Waals surface area contributed by atoms with Gasteiger partial charge in [0, 0.05) is 6.54 Å². The van der Waals surface area contributed by atoms with E-state index in [0.29, 0.717) is 0 Å². The number of hydrogen-bond acceptors (Lipinski definition) is 2. The van der Waals surface area contributed by atoms with E-state index in [1.807, 2.05) is 7.05 Å². The molecular weight excluding hydrogens is 232 g/mol. The van der Waals surface area contributed by atoms with Gasteiger partial charge in [-0.2, -0.15) is 0 Å².